The quantitative estimate of drug-likeness (QED) is 0.666. The first-order valence-corrected chi connectivity index (χ1v) is 8.99. The van der Waals surface area contributed by atoms with Gasteiger partial charge in [-0.1, -0.05) is 60.2 Å². The van der Waals surface area contributed by atoms with Gasteiger partial charge in [-0.05, 0) is 25.0 Å². The number of hydrogen-bond acceptors (Lipinski definition) is 4. The summed E-state index contributed by atoms with van der Waals surface area (Å²) in [6.45, 7) is 4.13. The lowest BCUT2D eigenvalue weighted by Gasteiger charge is -2.21. The fourth-order valence-corrected chi connectivity index (χ4v) is 3.79. The monoisotopic (exact) mass is 333 g/mol. The van der Waals surface area contributed by atoms with Gasteiger partial charge in [0, 0.05) is 11.8 Å². The first-order chi connectivity index (χ1) is 11.7. The number of nitrogens with zero attached hydrogens (tertiary/aromatic N) is 3. The lowest BCUT2D eigenvalue weighted by Crippen LogP contribution is -2.18. The summed E-state index contributed by atoms with van der Waals surface area (Å²) in [6, 6.07) is 19.4. The van der Waals surface area contributed by atoms with Crippen LogP contribution in [0.1, 0.15) is 34.8 Å². The molecule has 2 heterocycles. The number of anilines is 1. The first-order valence-electron chi connectivity index (χ1n) is 8.11. The van der Waals surface area contributed by atoms with Gasteiger partial charge in [0.1, 0.15) is 0 Å². The molecule has 3 nitrogen and oxygen atoms in total. The number of benzene rings is 2. The maximum atomic E-state index is 4.93. The van der Waals surface area contributed by atoms with Crippen LogP contribution in [0.5, 0.6) is 0 Å². The Morgan fingerprint density at radius 1 is 1.00 bits per heavy atom. The van der Waals surface area contributed by atoms with E-state index in [0.717, 1.165) is 23.0 Å². The molecular formula is C20H19N3S. The van der Waals surface area contributed by atoms with E-state index in [2.05, 4.69) is 76.9 Å². The Morgan fingerprint density at radius 3 is 2.42 bits per heavy atom. The minimum Gasteiger partial charge on any atom is -0.231 e. The molecule has 3 aromatic rings. The molecule has 0 aliphatic carbocycles. The van der Waals surface area contributed by atoms with Crippen molar-refractivity contribution in [3.05, 3.63) is 82.4 Å². The largest absolute Gasteiger partial charge is 0.231 e. The van der Waals surface area contributed by atoms with E-state index in [0.29, 0.717) is 0 Å². The summed E-state index contributed by atoms with van der Waals surface area (Å²) in [5.74, 6) is 0. The lowest BCUT2D eigenvalue weighted by molar-refractivity contribution is 0.705. The number of rotatable bonds is 3. The molecule has 1 atom stereocenters. The molecule has 0 radical (unpaired) electrons. The molecule has 0 saturated heterocycles. The average molecular weight is 333 g/mol. The van der Waals surface area contributed by atoms with E-state index in [1.807, 2.05) is 6.92 Å². The van der Waals surface area contributed by atoms with E-state index < -0.39 is 0 Å². The Kier molecular flexibility index (Phi) is 3.90. The zero-order chi connectivity index (χ0) is 16.5. The molecule has 24 heavy (non-hydrogen) atoms. The highest BCUT2D eigenvalue weighted by molar-refractivity contribution is 7.13. The van der Waals surface area contributed by atoms with Gasteiger partial charge < -0.3 is 0 Å². The van der Waals surface area contributed by atoms with Gasteiger partial charge in [-0.15, -0.1) is 11.3 Å². The molecular weight excluding hydrogens is 314 g/mol. The van der Waals surface area contributed by atoms with Crippen molar-refractivity contribution < 1.29 is 0 Å². The number of hydrogen-bond donors (Lipinski definition) is 0. The normalized spacial score (nSPS) is 17.2. The van der Waals surface area contributed by atoms with Crippen molar-refractivity contribution in [2.24, 2.45) is 5.10 Å². The molecule has 0 bridgehead atoms. The van der Waals surface area contributed by atoms with Crippen LogP contribution < -0.4 is 5.01 Å². The topological polar surface area (TPSA) is 28.5 Å². The van der Waals surface area contributed by atoms with Crippen LogP contribution in [0.25, 0.3) is 0 Å². The van der Waals surface area contributed by atoms with Gasteiger partial charge in [-0.3, -0.25) is 0 Å². The summed E-state index contributed by atoms with van der Waals surface area (Å²) < 4.78 is 0. The van der Waals surface area contributed by atoms with Gasteiger partial charge in [0.05, 0.1) is 17.4 Å². The van der Waals surface area contributed by atoms with Gasteiger partial charge in [0.2, 0.25) is 5.13 Å². The molecule has 0 spiro atoms. The zero-order valence-corrected chi connectivity index (χ0v) is 14.6. The summed E-state index contributed by atoms with van der Waals surface area (Å²) in [5, 5.41) is 10.1. The van der Waals surface area contributed by atoms with Gasteiger partial charge in [-0.2, -0.15) is 5.10 Å². The van der Waals surface area contributed by atoms with Crippen LogP contribution in [0, 0.1) is 13.8 Å². The van der Waals surface area contributed by atoms with Crippen molar-refractivity contribution in [3.63, 3.8) is 0 Å². The second-order valence-electron chi connectivity index (χ2n) is 6.16. The molecule has 2 aromatic carbocycles. The molecule has 1 aromatic heterocycles. The Bertz CT molecular complexity index is 865. The molecule has 4 heteroatoms. The Hall–Kier alpha value is -2.46. The molecule has 0 amide bonds. The summed E-state index contributed by atoms with van der Waals surface area (Å²) in [5.41, 5.74) is 5.90. The van der Waals surface area contributed by atoms with Crippen molar-refractivity contribution in [2.45, 2.75) is 26.3 Å². The first kappa shape index (κ1) is 15.1. The van der Waals surface area contributed by atoms with Gasteiger partial charge in [0.15, 0.2) is 0 Å². The number of aromatic nitrogens is 1. The van der Waals surface area contributed by atoms with E-state index in [-0.39, 0.29) is 6.04 Å². The predicted molar refractivity (Wildman–Crippen MR) is 101 cm³/mol. The maximum absolute atomic E-state index is 4.93. The third-order valence-corrected chi connectivity index (χ3v) is 5.23. The van der Waals surface area contributed by atoms with E-state index >= 15 is 0 Å². The standard InChI is InChI=1S/C20H19N3S/c1-14-8-10-16(11-9-14)18-12-19(17-6-4-3-5-7-17)23(22-18)20-21-15(2)13-24-20/h3-11,13,19H,12H2,1-2H3/t19-/m0/s1. The third kappa shape index (κ3) is 2.85. The van der Waals surface area contributed by atoms with Crippen LogP contribution in [0.15, 0.2) is 65.1 Å². The maximum Gasteiger partial charge on any atom is 0.206 e. The van der Waals surface area contributed by atoms with Crippen molar-refractivity contribution >= 4 is 22.2 Å². The average Bonchev–Trinajstić information content (AvgIpc) is 3.23. The van der Waals surface area contributed by atoms with Crippen LogP contribution in [-0.2, 0) is 0 Å². The zero-order valence-electron chi connectivity index (χ0n) is 13.8. The lowest BCUT2D eigenvalue weighted by atomic mass is 9.98. The molecule has 0 unspecified atom stereocenters. The van der Waals surface area contributed by atoms with Gasteiger partial charge in [0.25, 0.3) is 0 Å². The van der Waals surface area contributed by atoms with Crippen LogP contribution >= 0.6 is 11.3 Å². The number of thiazole rings is 1. The number of aryl methyl sites for hydroxylation is 2. The molecule has 4 rings (SSSR count). The highest BCUT2D eigenvalue weighted by atomic mass is 32.1. The fourth-order valence-electron chi connectivity index (χ4n) is 2.99. The predicted octanol–water partition coefficient (Wildman–Crippen LogP) is 5.12. The molecule has 1 aliphatic heterocycles. The van der Waals surface area contributed by atoms with Crippen LogP contribution in [0.2, 0.25) is 0 Å². The molecule has 1 aliphatic rings. The van der Waals surface area contributed by atoms with E-state index in [1.54, 1.807) is 11.3 Å². The van der Waals surface area contributed by atoms with Crippen molar-refractivity contribution in [2.75, 3.05) is 5.01 Å². The smallest absolute Gasteiger partial charge is 0.206 e. The highest BCUT2D eigenvalue weighted by Gasteiger charge is 2.31. The second kappa shape index (κ2) is 6.21. The summed E-state index contributed by atoms with van der Waals surface area (Å²) in [6.07, 6.45) is 0.895. The SMILES string of the molecule is Cc1ccc(C2=NN(c3nc(C)cs3)[C@H](c3ccccc3)C2)cc1. The Balaban J connectivity index is 1.74. The summed E-state index contributed by atoms with van der Waals surface area (Å²) >= 11 is 1.65. The fraction of sp³-hybridized carbons (Fsp3) is 0.200. The minimum atomic E-state index is 0.202. The third-order valence-electron chi connectivity index (χ3n) is 4.28. The van der Waals surface area contributed by atoms with E-state index in [9.17, 15) is 0 Å². The molecule has 120 valence electrons. The minimum absolute atomic E-state index is 0.202. The van der Waals surface area contributed by atoms with Gasteiger partial charge in [-0.25, -0.2) is 9.99 Å². The van der Waals surface area contributed by atoms with Crippen LogP contribution in [0.4, 0.5) is 5.13 Å². The second-order valence-corrected chi connectivity index (χ2v) is 7.00. The number of hydrazone groups is 1. The van der Waals surface area contributed by atoms with Crippen LogP contribution in [-0.4, -0.2) is 10.7 Å². The summed E-state index contributed by atoms with van der Waals surface area (Å²) in [7, 11) is 0. The van der Waals surface area contributed by atoms with E-state index in [1.165, 1.54) is 16.7 Å². The van der Waals surface area contributed by atoms with Crippen molar-refractivity contribution in [3.8, 4) is 0 Å². The van der Waals surface area contributed by atoms with Crippen LogP contribution in [0.3, 0.4) is 0 Å². The summed E-state index contributed by atoms with van der Waals surface area (Å²) in [4.78, 5) is 4.65. The highest BCUT2D eigenvalue weighted by Crippen LogP contribution is 2.37. The molecule has 0 fully saturated rings. The van der Waals surface area contributed by atoms with E-state index in [4.69, 9.17) is 5.10 Å². The van der Waals surface area contributed by atoms with Gasteiger partial charge >= 0.3 is 0 Å². The molecule has 0 N–H and O–H groups in total. The Labute approximate surface area is 146 Å². The Morgan fingerprint density at radius 2 is 1.75 bits per heavy atom. The van der Waals surface area contributed by atoms with Crippen molar-refractivity contribution in [1.82, 2.24) is 4.98 Å². The molecule has 0 saturated carbocycles. The van der Waals surface area contributed by atoms with Crippen molar-refractivity contribution in [1.29, 1.82) is 0 Å².